The SMILES string of the molecule is CC(C)(C)CC(=O)Nc1ccc2cc[nH]c2c1. The van der Waals surface area contributed by atoms with E-state index in [0.29, 0.717) is 6.42 Å². The van der Waals surface area contributed by atoms with Gasteiger partial charge in [0.25, 0.3) is 0 Å². The number of carbonyl (C=O) groups excluding carboxylic acids is 1. The first-order valence-corrected chi connectivity index (χ1v) is 5.81. The third-order valence-electron chi connectivity index (χ3n) is 2.53. The largest absolute Gasteiger partial charge is 0.361 e. The molecule has 0 aliphatic carbocycles. The van der Waals surface area contributed by atoms with Gasteiger partial charge in [-0.3, -0.25) is 4.79 Å². The van der Waals surface area contributed by atoms with Gasteiger partial charge in [-0.1, -0.05) is 26.8 Å². The van der Waals surface area contributed by atoms with Crippen molar-refractivity contribution in [2.75, 3.05) is 5.32 Å². The maximum atomic E-state index is 11.8. The number of hydrogen-bond acceptors (Lipinski definition) is 1. The molecule has 0 spiro atoms. The Morgan fingerprint density at radius 2 is 2.06 bits per heavy atom. The zero-order valence-corrected chi connectivity index (χ0v) is 10.5. The highest BCUT2D eigenvalue weighted by atomic mass is 16.1. The Morgan fingerprint density at radius 1 is 1.29 bits per heavy atom. The van der Waals surface area contributed by atoms with Crippen LogP contribution in [0.5, 0.6) is 0 Å². The lowest BCUT2D eigenvalue weighted by molar-refractivity contribution is -0.117. The fourth-order valence-corrected chi connectivity index (χ4v) is 1.81. The van der Waals surface area contributed by atoms with Gasteiger partial charge in [-0.15, -0.1) is 0 Å². The third-order valence-corrected chi connectivity index (χ3v) is 2.53. The Labute approximate surface area is 101 Å². The van der Waals surface area contributed by atoms with Crippen LogP contribution in [0.25, 0.3) is 10.9 Å². The second-order valence-electron chi connectivity index (χ2n) is 5.57. The van der Waals surface area contributed by atoms with Crippen molar-refractivity contribution in [3.8, 4) is 0 Å². The molecule has 2 rings (SSSR count). The van der Waals surface area contributed by atoms with Crippen LogP contribution in [0, 0.1) is 5.41 Å². The molecule has 2 N–H and O–H groups in total. The molecule has 0 saturated carbocycles. The quantitative estimate of drug-likeness (QED) is 0.814. The van der Waals surface area contributed by atoms with Crippen LogP contribution < -0.4 is 5.32 Å². The van der Waals surface area contributed by atoms with Crippen molar-refractivity contribution >= 4 is 22.5 Å². The van der Waals surface area contributed by atoms with Gasteiger partial charge in [0.15, 0.2) is 0 Å². The summed E-state index contributed by atoms with van der Waals surface area (Å²) >= 11 is 0. The van der Waals surface area contributed by atoms with E-state index in [9.17, 15) is 4.79 Å². The second-order valence-corrected chi connectivity index (χ2v) is 5.57. The molecular formula is C14H18N2O. The van der Waals surface area contributed by atoms with Crippen LogP contribution in [0.15, 0.2) is 30.5 Å². The number of fused-ring (bicyclic) bond motifs is 1. The molecule has 0 aliphatic heterocycles. The van der Waals surface area contributed by atoms with E-state index < -0.39 is 0 Å². The number of amides is 1. The number of anilines is 1. The van der Waals surface area contributed by atoms with Gasteiger partial charge in [0.1, 0.15) is 0 Å². The molecule has 90 valence electrons. The molecule has 1 aromatic carbocycles. The molecule has 1 aromatic heterocycles. The Kier molecular flexibility index (Phi) is 2.92. The Bertz CT molecular complexity index is 534. The van der Waals surface area contributed by atoms with Gasteiger partial charge >= 0.3 is 0 Å². The fourth-order valence-electron chi connectivity index (χ4n) is 1.81. The van der Waals surface area contributed by atoms with Gasteiger partial charge in [0.2, 0.25) is 5.91 Å². The first kappa shape index (κ1) is 11.7. The van der Waals surface area contributed by atoms with Crippen molar-refractivity contribution in [3.05, 3.63) is 30.5 Å². The van der Waals surface area contributed by atoms with Crippen LogP contribution in [-0.4, -0.2) is 10.9 Å². The predicted molar refractivity (Wildman–Crippen MR) is 71.0 cm³/mol. The highest BCUT2D eigenvalue weighted by Gasteiger charge is 2.15. The molecule has 0 aliphatic rings. The molecule has 17 heavy (non-hydrogen) atoms. The summed E-state index contributed by atoms with van der Waals surface area (Å²) in [6.45, 7) is 6.17. The molecule has 0 fully saturated rings. The van der Waals surface area contributed by atoms with Crippen LogP contribution in [0.1, 0.15) is 27.2 Å². The maximum Gasteiger partial charge on any atom is 0.224 e. The summed E-state index contributed by atoms with van der Waals surface area (Å²) in [5.41, 5.74) is 1.90. The summed E-state index contributed by atoms with van der Waals surface area (Å²) in [6.07, 6.45) is 2.42. The molecular weight excluding hydrogens is 212 g/mol. The number of nitrogens with one attached hydrogen (secondary N) is 2. The van der Waals surface area contributed by atoms with Gasteiger partial charge < -0.3 is 10.3 Å². The zero-order valence-electron chi connectivity index (χ0n) is 10.5. The highest BCUT2D eigenvalue weighted by molar-refractivity contribution is 5.93. The summed E-state index contributed by atoms with van der Waals surface area (Å²) in [5, 5.41) is 4.07. The van der Waals surface area contributed by atoms with Gasteiger partial charge in [-0.2, -0.15) is 0 Å². The summed E-state index contributed by atoms with van der Waals surface area (Å²) in [4.78, 5) is 14.9. The van der Waals surface area contributed by atoms with Crippen molar-refractivity contribution in [1.29, 1.82) is 0 Å². The van der Waals surface area contributed by atoms with Crippen LogP contribution >= 0.6 is 0 Å². The van der Waals surface area contributed by atoms with Crippen LogP contribution in [0.4, 0.5) is 5.69 Å². The van der Waals surface area contributed by atoms with Gasteiger partial charge in [0, 0.05) is 23.8 Å². The average molecular weight is 230 g/mol. The first-order chi connectivity index (χ1) is 7.94. The number of aromatic amines is 1. The summed E-state index contributed by atoms with van der Waals surface area (Å²) in [7, 11) is 0. The van der Waals surface area contributed by atoms with E-state index in [4.69, 9.17) is 0 Å². The smallest absolute Gasteiger partial charge is 0.224 e. The molecule has 3 nitrogen and oxygen atoms in total. The molecule has 0 bridgehead atoms. The van der Waals surface area contributed by atoms with E-state index in [2.05, 4.69) is 31.1 Å². The van der Waals surface area contributed by atoms with Crippen LogP contribution in [0.3, 0.4) is 0 Å². The molecule has 0 atom stereocenters. The lowest BCUT2D eigenvalue weighted by atomic mass is 9.92. The topological polar surface area (TPSA) is 44.9 Å². The standard InChI is InChI=1S/C14H18N2O/c1-14(2,3)9-13(17)16-11-5-4-10-6-7-15-12(10)8-11/h4-8,15H,9H2,1-3H3,(H,16,17). The van der Waals surface area contributed by atoms with Crippen molar-refractivity contribution in [2.45, 2.75) is 27.2 Å². The van der Waals surface area contributed by atoms with E-state index in [1.807, 2.05) is 30.5 Å². The van der Waals surface area contributed by atoms with E-state index in [1.54, 1.807) is 0 Å². The minimum Gasteiger partial charge on any atom is -0.361 e. The van der Waals surface area contributed by atoms with Crippen molar-refractivity contribution in [2.24, 2.45) is 5.41 Å². The summed E-state index contributed by atoms with van der Waals surface area (Å²) in [5.74, 6) is 0.0587. The highest BCUT2D eigenvalue weighted by Crippen LogP contribution is 2.21. The average Bonchev–Trinajstić information content (AvgIpc) is 2.61. The van der Waals surface area contributed by atoms with Gasteiger partial charge in [-0.05, 0) is 29.0 Å². The molecule has 0 unspecified atom stereocenters. The maximum absolute atomic E-state index is 11.8. The molecule has 3 heteroatoms. The zero-order chi connectivity index (χ0) is 12.5. The Morgan fingerprint density at radius 3 is 2.76 bits per heavy atom. The number of benzene rings is 1. The van der Waals surface area contributed by atoms with E-state index in [-0.39, 0.29) is 11.3 Å². The molecule has 0 saturated heterocycles. The van der Waals surface area contributed by atoms with E-state index >= 15 is 0 Å². The summed E-state index contributed by atoms with van der Waals surface area (Å²) < 4.78 is 0. The minimum atomic E-state index is 0.0145. The van der Waals surface area contributed by atoms with Crippen LogP contribution in [0.2, 0.25) is 0 Å². The molecule has 0 radical (unpaired) electrons. The lowest BCUT2D eigenvalue weighted by Gasteiger charge is -2.17. The summed E-state index contributed by atoms with van der Waals surface area (Å²) in [6, 6.07) is 7.89. The third kappa shape index (κ3) is 3.09. The minimum absolute atomic E-state index is 0.0145. The van der Waals surface area contributed by atoms with E-state index in [1.165, 1.54) is 0 Å². The fraction of sp³-hybridized carbons (Fsp3) is 0.357. The van der Waals surface area contributed by atoms with E-state index in [0.717, 1.165) is 16.6 Å². The normalized spacial score (nSPS) is 11.7. The van der Waals surface area contributed by atoms with Crippen molar-refractivity contribution < 1.29 is 4.79 Å². The molecule has 1 heterocycles. The predicted octanol–water partition coefficient (Wildman–Crippen LogP) is 3.54. The van der Waals surface area contributed by atoms with Gasteiger partial charge in [-0.25, -0.2) is 0 Å². The van der Waals surface area contributed by atoms with Crippen molar-refractivity contribution in [3.63, 3.8) is 0 Å². The van der Waals surface area contributed by atoms with Crippen LogP contribution in [-0.2, 0) is 4.79 Å². The first-order valence-electron chi connectivity index (χ1n) is 5.81. The monoisotopic (exact) mass is 230 g/mol. The number of hydrogen-bond donors (Lipinski definition) is 2. The Balaban J connectivity index is 2.10. The van der Waals surface area contributed by atoms with Crippen molar-refractivity contribution in [1.82, 2.24) is 4.98 Å². The number of H-pyrrole nitrogens is 1. The molecule has 1 amide bonds. The number of aromatic nitrogens is 1. The second kappa shape index (κ2) is 4.24. The number of rotatable bonds is 2. The lowest BCUT2D eigenvalue weighted by Crippen LogP contribution is -2.19. The van der Waals surface area contributed by atoms with Gasteiger partial charge in [0.05, 0.1) is 0 Å². The molecule has 2 aromatic rings. The Hall–Kier alpha value is -1.77. The number of carbonyl (C=O) groups is 1.